The summed E-state index contributed by atoms with van der Waals surface area (Å²) in [7, 11) is 1.66. The molecule has 1 unspecified atom stereocenters. The Morgan fingerprint density at radius 2 is 2.03 bits per heavy atom. The number of likely N-dealkylation sites (tertiary alicyclic amines) is 1. The zero-order valence-corrected chi connectivity index (χ0v) is 17.9. The highest BCUT2D eigenvalue weighted by Gasteiger charge is 2.33. The average molecular weight is 399 g/mol. The summed E-state index contributed by atoms with van der Waals surface area (Å²) in [6, 6.07) is 8.10. The highest BCUT2D eigenvalue weighted by molar-refractivity contribution is 6.00. The van der Waals surface area contributed by atoms with Crippen molar-refractivity contribution < 1.29 is 19.1 Å². The predicted octanol–water partition coefficient (Wildman–Crippen LogP) is 4.05. The van der Waals surface area contributed by atoms with Gasteiger partial charge in [0.25, 0.3) is 5.91 Å². The number of hydrogen-bond donors (Lipinski definition) is 1. The largest absolute Gasteiger partial charge is 0.497 e. The van der Waals surface area contributed by atoms with Crippen LogP contribution in [0.15, 0.2) is 24.3 Å². The first-order chi connectivity index (χ1) is 13.8. The Hall–Kier alpha value is -2.76. The van der Waals surface area contributed by atoms with Crippen molar-refractivity contribution in [3.8, 4) is 5.75 Å². The number of nitrogens with one attached hydrogen (secondary N) is 1. The molecule has 0 spiro atoms. The molecule has 2 heterocycles. The van der Waals surface area contributed by atoms with Crippen molar-refractivity contribution in [1.82, 2.24) is 9.88 Å². The molecule has 0 bridgehead atoms. The fourth-order valence-corrected chi connectivity index (χ4v) is 4.07. The molecule has 29 heavy (non-hydrogen) atoms. The number of esters is 1. The third kappa shape index (κ3) is 4.47. The van der Waals surface area contributed by atoms with Crippen LogP contribution in [0.1, 0.15) is 64.4 Å². The number of rotatable bonds is 6. The summed E-state index contributed by atoms with van der Waals surface area (Å²) in [4.78, 5) is 30.8. The summed E-state index contributed by atoms with van der Waals surface area (Å²) < 4.78 is 10.7. The maximum Gasteiger partial charge on any atom is 0.340 e. The summed E-state index contributed by atoms with van der Waals surface area (Å²) in [6.07, 6.45) is 2.51. The zero-order valence-electron chi connectivity index (χ0n) is 17.9. The minimum atomic E-state index is -0.389. The molecule has 0 saturated carbocycles. The summed E-state index contributed by atoms with van der Waals surface area (Å²) in [5.74, 6) is 0.377. The number of carbonyl (C=O) groups excluding carboxylic acids is 2. The van der Waals surface area contributed by atoms with Crippen LogP contribution < -0.4 is 4.74 Å². The van der Waals surface area contributed by atoms with Gasteiger partial charge in [0.05, 0.1) is 18.8 Å². The van der Waals surface area contributed by atoms with E-state index < -0.39 is 0 Å². The molecular formula is C23H30N2O4. The van der Waals surface area contributed by atoms with E-state index in [-0.39, 0.29) is 24.0 Å². The van der Waals surface area contributed by atoms with Gasteiger partial charge in [-0.3, -0.25) is 4.79 Å². The van der Waals surface area contributed by atoms with Gasteiger partial charge in [0, 0.05) is 18.3 Å². The Kier molecular flexibility index (Phi) is 6.30. The lowest BCUT2D eigenvalue weighted by molar-refractivity contribution is 0.0376. The second-order valence-corrected chi connectivity index (χ2v) is 7.93. The quantitative estimate of drug-likeness (QED) is 0.745. The SMILES string of the molecule is COc1cccc(CC2CCCN2C(=O)c2[nH]c(C)c(C(=O)OC(C)C)c2C)c1. The van der Waals surface area contributed by atoms with Gasteiger partial charge in [-0.05, 0) is 70.2 Å². The number of methoxy groups -OCH3 is 1. The number of aromatic nitrogens is 1. The number of aromatic amines is 1. The molecule has 1 N–H and O–H groups in total. The first kappa shape index (κ1) is 21.0. The average Bonchev–Trinajstić information content (AvgIpc) is 3.24. The van der Waals surface area contributed by atoms with E-state index in [2.05, 4.69) is 11.1 Å². The Morgan fingerprint density at radius 1 is 1.28 bits per heavy atom. The Labute approximate surface area is 172 Å². The molecule has 0 aliphatic carbocycles. The molecule has 6 nitrogen and oxygen atoms in total. The van der Waals surface area contributed by atoms with Gasteiger partial charge in [-0.2, -0.15) is 0 Å². The van der Waals surface area contributed by atoms with Crippen LogP contribution in [0.4, 0.5) is 0 Å². The van der Waals surface area contributed by atoms with Crippen LogP contribution in [0.25, 0.3) is 0 Å². The van der Waals surface area contributed by atoms with Gasteiger partial charge in [-0.25, -0.2) is 4.79 Å². The highest BCUT2D eigenvalue weighted by Crippen LogP contribution is 2.27. The van der Waals surface area contributed by atoms with Crippen molar-refractivity contribution in [2.75, 3.05) is 13.7 Å². The minimum absolute atomic E-state index is 0.0559. The van der Waals surface area contributed by atoms with Gasteiger partial charge in [-0.15, -0.1) is 0 Å². The Bertz CT molecular complexity index is 900. The summed E-state index contributed by atoms with van der Waals surface area (Å²) in [6.45, 7) is 7.96. The highest BCUT2D eigenvalue weighted by atomic mass is 16.5. The molecule has 3 rings (SSSR count). The van der Waals surface area contributed by atoms with E-state index in [1.54, 1.807) is 21.0 Å². The Balaban J connectivity index is 1.81. The molecule has 156 valence electrons. The van der Waals surface area contributed by atoms with Crippen molar-refractivity contribution in [3.63, 3.8) is 0 Å². The standard InChI is InChI=1S/C23H30N2O4/c1-14(2)29-23(27)20-15(3)21(24-16(20)4)22(26)25-11-7-9-18(25)12-17-8-6-10-19(13-17)28-5/h6,8,10,13-14,18,24H,7,9,11-12H2,1-5H3. The minimum Gasteiger partial charge on any atom is -0.497 e. The zero-order chi connectivity index (χ0) is 21.1. The second-order valence-electron chi connectivity index (χ2n) is 7.93. The molecule has 1 amide bonds. The molecule has 2 aromatic rings. The number of aryl methyl sites for hydroxylation is 1. The Morgan fingerprint density at radius 3 is 2.72 bits per heavy atom. The molecule has 1 aliphatic rings. The second kappa shape index (κ2) is 8.72. The van der Waals surface area contributed by atoms with E-state index in [9.17, 15) is 9.59 Å². The monoisotopic (exact) mass is 398 g/mol. The van der Waals surface area contributed by atoms with Gasteiger partial charge in [0.15, 0.2) is 0 Å². The molecule has 0 radical (unpaired) electrons. The van der Waals surface area contributed by atoms with Gasteiger partial charge in [0.1, 0.15) is 11.4 Å². The molecule has 1 aromatic carbocycles. The fraction of sp³-hybridized carbons (Fsp3) is 0.478. The molecule has 1 atom stereocenters. The number of H-pyrrole nitrogens is 1. The van der Waals surface area contributed by atoms with E-state index in [0.717, 1.165) is 37.1 Å². The number of carbonyl (C=O) groups is 2. The summed E-state index contributed by atoms with van der Waals surface area (Å²) >= 11 is 0. The van der Waals surface area contributed by atoms with E-state index in [4.69, 9.17) is 9.47 Å². The first-order valence-corrected chi connectivity index (χ1v) is 10.2. The number of amides is 1. The van der Waals surface area contributed by atoms with Gasteiger partial charge >= 0.3 is 5.97 Å². The van der Waals surface area contributed by atoms with Crippen molar-refractivity contribution in [2.45, 2.75) is 59.1 Å². The van der Waals surface area contributed by atoms with Crippen LogP contribution in [0.5, 0.6) is 5.75 Å². The lowest BCUT2D eigenvalue weighted by atomic mass is 10.0. The van der Waals surface area contributed by atoms with Gasteiger partial charge in [0.2, 0.25) is 0 Å². The fourth-order valence-electron chi connectivity index (χ4n) is 4.07. The normalized spacial score (nSPS) is 16.3. The van der Waals surface area contributed by atoms with Crippen molar-refractivity contribution >= 4 is 11.9 Å². The summed E-state index contributed by atoms with van der Waals surface area (Å²) in [5.41, 5.74) is 3.42. The third-order valence-corrected chi connectivity index (χ3v) is 5.44. The maximum absolute atomic E-state index is 13.3. The predicted molar refractivity (Wildman–Crippen MR) is 112 cm³/mol. The molecule has 1 aliphatic heterocycles. The van der Waals surface area contributed by atoms with Crippen LogP contribution in [-0.2, 0) is 11.2 Å². The lowest BCUT2D eigenvalue weighted by Crippen LogP contribution is -2.37. The van der Waals surface area contributed by atoms with Crippen LogP contribution in [0.3, 0.4) is 0 Å². The van der Waals surface area contributed by atoms with Gasteiger partial charge < -0.3 is 19.4 Å². The van der Waals surface area contributed by atoms with Crippen LogP contribution in [0.2, 0.25) is 0 Å². The number of nitrogens with zero attached hydrogens (tertiary/aromatic N) is 1. The van der Waals surface area contributed by atoms with E-state index in [1.807, 2.05) is 36.9 Å². The van der Waals surface area contributed by atoms with Crippen molar-refractivity contribution in [1.29, 1.82) is 0 Å². The molecular weight excluding hydrogens is 368 g/mol. The number of benzene rings is 1. The van der Waals surface area contributed by atoms with E-state index in [0.29, 0.717) is 22.5 Å². The molecule has 6 heteroatoms. The van der Waals surface area contributed by atoms with E-state index >= 15 is 0 Å². The molecule has 1 saturated heterocycles. The van der Waals surface area contributed by atoms with Gasteiger partial charge in [-0.1, -0.05) is 12.1 Å². The summed E-state index contributed by atoms with van der Waals surface area (Å²) in [5, 5.41) is 0. The molecule has 1 fully saturated rings. The third-order valence-electron chi connectivity index (χ3n) is 5.44. The van der Waals surface area contributed by atoms with Crippen molar-refractivity contribution in [3.05, 3.63) is 52.3 Å². The number of hydrogen-bond acceptors (Lipinski definition) is 4. The number of ether oxygens (including phenoxy) is 2. The van der Waals surface area contributed by atoms with Crippen LogP contribution in [-0.4, -0.2) is 47.6 Å². The smallest absolute Gasteiger partial charge is 0.340 e. The van der Waals surface area contributed by atoms with Crippen molar-refractivity contribution in [2.24, 2.45) is 0 Å². The topological polar surface area (TPSA) is 71.6 Å². The van der Waals surface area contributed by atoms with Crippen LogP contribution in [0, 0.1) is 13.8 Å². The first-order valence-electron chi connectivity index (χ1n) is 10.2. The lowest BCUT2D eigenvalue weighted by Gasteiger charge is -2.25. The molecule has 1 aromatic heterocycles. The van der Waals surface area contributed by atoms with E-state index in [1.165, 1.54) is 0 Å². The van der Waals surface area contributed by atoms with Crippen LogP contribution >= 0.6 is 0 Å². The maximum atomic E-state index is 13.3.